The smallest absolute Gasteiger partial charge is 0.254 e. The van der Waals surface area contributed by atoms with Gasteiger partial charge in [-0.25, -0.2) is 4.98 Å². The zero-order valence-electron chi connectivity index (χ0n) is 16.7. The van der Waals surface area contributed by atoms with Crippen LogP contribution in [0.25, 0.3) is 0 Å². The van der Waals surface area contributed by atoms with Crippen molar-refractivity contribution in [2.45, 2.75) is 39.7 Å². The van der Waals surface area contributed by atoms with Gasteiger partial charge in [-0.15, -0.1) is 11.3 Å². The van der Waals surface area contributed by atoms with Crippen LogP contribution >= 0.6 is 22.9 Å². The molecule has 0 aliphatic rings. The Morgan fingerprint density at radius 3 is 2.48 bits per heavy atom. The minimum Gasteiger partial charge on any atom is -0.354 e. The van der Waals surface area contributed by atoms with Gasteiger partial charge in [-0.2, -0.15) is 0 Å². The summed E-state index contributed by atoms with van der Waals surface area (Å²) < 4.78 is 0. The Kier molecular flexibility index (Phi) is 8.60. The highest BCUT2D eigenvalue weighted by Crippen LogP contribution is 2.16. The van der Waals surface area contributed by atoms with Gasteiger partial charge in [0, 0.05) is 28.6 Å². The normalized spacial score (nSPS) is 10.7. The van der Waals surface area contributed by atoms with Crippen molar-refractivity contribution in [3.05, 3.63) is 45.9 Å². The maximum atomic E-state index is 12.7. The van der Waals surface area contributed by atoms with Crippen molar-refractivity contribution in [2.75, 3.05) is 18.4 Å². The van der Waals surface area contributed by atoms with E-state index in [0.29, 0.717) is 28.0 Å². The van der Waals surface area contributed by atoms with Crippen molar-refractivity contribution in [1.82, 2.24) is 15.2 Å². The van der Waals surface area contributed by atoms with Crippen molar-refractivity contribution in [3.8, 4) is 0 Å². The molecule has 0 saturated heterocycles. The number of benzene rings is 1. The molecule has 0 unspecified atom stereocenters. The van der Waals surface area contributed by atoms with Gasteiger partial charge in [0.25, 0.3) is 5.91 Å². The number of amides is 3. The van der Waals surface area contributed by atoms with Crippen molar-refractivity contribution in [2.24, 2.45) is 0 Å². The molecule has 2 N–H and O–H groups in total. The van der Waals surface area contributed by atoms with Gasteiger partial charge >= 0.3 is 0 Å². The molecule has 29 heavy (non-hydrogen) atoms. The van der Waals surface area contributed by atoms with Crippen LogP contribution in [0.1, 0.15) is 43.2 Å². The Balaban J connectivity index is 1.96. The SMILES string of the molecule is CCCN(CC(=O)Nc1nc(CC(=O)NC(C)C)cs1)C(=O)c1ccc(Cl)cc1. The molecule has 0 aliphatic carbocycles. The lowest BCUT2D eigenvalue weighted by Gasteiger charge is -2.21. The number of thiazole rings is 1. The Morgan fingerprint density at radius 2 is 1.86 bits per heavy atom. The quantitative estimate of drug-likeness (QED) is 0.630. The number of hydrogen-bond donors (Lipinski definition) is 2. The second kappa shape index (κ2) is 10.9. The zero-order chi connectivity index (χ0) is 21.4. The summed E-state index contributed by atoms with van der Waals surface area (Å²) in [7, 11) is 0. The first kappa shape index (κ1) is 22.8. The van der Waals surface area contributed by atoms with Gasteiger partial charge in [-0.1, -0.05) is 18.5 Å². The largest absolute Gasteiger partial charge is 0.354 e. The highest BCUT2D eigenvalue weighted by molar-refractivity contribution is 7.13. The fraction of sp³-hybridized carbons (Fsp3) is 0.400. The van der Waals surface area contributed by atoms with E-state index >= 15 is 0 Å². The van der Waals surface area contributed by atoms with Gasteiger partial charge in [0.05, 0.1) is 12.1 Å². The van der Waals surface area contributed by atoms with E-state index in [0.717, 1.165) is 6.42 Å². The van der Waals surface area contributed by atoms with Crippen LogP contribution in [-0.4, -0.2) is 46.7 Å². The number of hydrogen-bond acceptors (Lipinski definition) is 5. The molecule has 1 aromatic heterocycles. The third-order valence-corrected chi connectivity index (χ3v) is 4.85. The van der Waals surface area contributed by atoms with Crippen LogP contribution in [0.15, 0.2) is 29.6 Å². The number of carbonyl (C=O) groups is 3. The average molecular weight is 437 g/mol. The van der Waals surface area contributed by atoms with Crippen molar-refractivity contribution in [3.63, 3.8) is 0 Å². The summed E-state index contributed by atoms with van der Waals surface area (Å²) in [5, 5.41) is 8.18. The monoisotopic (exact) mass is 436 g/mol. The van der Waals surface area contributed by atoms with Crippen LogP contribution < -0.4 is 10.6 Å². The maximum Gasteiger partial charge on any atom is 0.254 e. The Labute approximate surface area is 179 Å². The molecule has 0 saturated carbocycles. The van der Waals surface area contributed by atoms with Gasteiger partial charge in [-0.3, -0.25) is 14.4 Å². The van der Waals surface area contributed by atoms with E-state index in [-0.39, 0.29) is 36.7 Å². The summed E-state index contributed by atoms with van der Waals surface area (Å²) in [4.78, 5) is 42.7. The molecule has 0 aliphatic heterocycles. The molecule has 9 heteroatoms. The number of aromatic nitrogens is 1. The van der Waals surface area contributed by atoms with Crippen LogP contribution in [0, 0.1) is 0 Å². The van der Waals surface area contributed by atoms with E-state index in [9.17, 15) is 14.4 Å². The summed E-state index contributed by atoms with van der Waals surface area (Å²) in [6, 6.07) is 6.63. The number of carbonyl (C=O) groups excluding carboxylic acids is 3. The van der Waals surface area contributed by atoms with E-state index in [2.05, 4.69) is 15.6 Å². The Hall–Kier alpha value is -2.45. The third kappa shape index (κ3) is 7.47. The molecule has 1 heterocycles. The number of rotatable bonds is 9. The predicted molar refractivity (Wildman–Crippen MR) is 115 cm³/mol. The van der Waals surface area contributed by atoms with E-state index < -0.39 is 0 Å². The molecule has 7 nitrogen and oxygen atoms in total. The lowest BCUT2D eigenvalue weighted by Crippen LogP contribution is -2.38. The molecular weight excluding hydrogens is 412 g/mol. The van der Waals surface area contributed by atoms with Crippen molar-refractivity contribution in [1.29, 1.82) is 0 Å². The summed E-state index contributed by atoms with van der Waals surface area (Å²) in [6.45, 7) is 6.08. The van der Waals surface area contributed by atoms with Crippen LogP contribution in [0.4, 0.5) is 5.13 Å². The Bertz CT molecular complexity index is 852. The van der Waals surface area contributed by atoms with Crippen LogP contribution in [-0.2, 0) is 16.0 Å². The molecule has 3 amide bonds. The standard InChI is InChI=1S/C20H25ClN4O3S/c1-4-9-25(19(28)14-5-7-15(21)8-6-14)11-18(27)24-20-23-16(12-29-20)10-17(26)22-13(2)3/h5-8,12-13H,4,9-11H2,1-3H3,(H,22,26)(H,23,24,27). The number of anilines is 1. The second-order valence-corrected chi connectivity index (χ2v) is 8.12. The first-order valence-corrected chi connectivity index (χ1v) is 10.6. The predicted octanol–water partition coefficient (Wildman–Crippen LogP) is 3.35. The molecule has 0 spiro atoms. The summed E-state index contributed by atoms with van der Waals surface area (Å²) >= 11 is 7.11. The number of halogens is 1. The van der Waals surface area contributed by atoms with Crippen LogP contribution in [0.5, 0.6) is 0 Å². The average Bonchev–Trinajstić information content (AvgIpc) is 3.07. The zero-order valence-corrected chi connectivity index (χ0v) is 18.3. The minimum atomic E-state index is -0.340. The number of nitrogens with one attached hydrogen (secondary N) is 2. The van der Waals surface area contributed by atoms with Gasteiger partial charge in [0.1, 0.15) is 6.54 Å². The maximum absolute atomic E-state index is 12.7. The van der Waals surface area contributed by atoms with E-state index in [1.54, 1.807) is 29.6 Å². The molecule has 2 rings (SSSR count). The van der Waals surface area contributed by atoms with Crippen LogP contribution in [0.3, 0.4) is 0 Å². The molecule has 0 atom stereocenters. The molecule has 2 aromatic rings. The first-order chi connectivity index (χ1) is 13.8. The van der Waals surface area contributed by atoms with Crippen molar-refractivity contribution >= 4 is 45.8 Å². The highest BCUT2D eigenvalue weighted by Gasteiger charge is 2.19. The summed E-state index contributed by atoms with van der Waals surface area (Å²) in [5.74, 6) is -0.692. The fourth-order valence-corrected chi connectivity index (χ4v) is 3.47. The van der Waals surface area contributed by atoms with E-state index in [4.69, 9.17) is 11.6 Å². The fourth-order valence-electron chi connectivity index (χ4n) is 2.61. The molecular formula is C20H25ClN4O3S. The van der Waals surface area contributed by atoms with Gasteiger partial charge in [0.15, 0.2) is 5.13 Å². The molecule has 156 valence electrons. The topological polar surface area (TPSA) is 91.4 Å². The lowest BCUT2D eigenvalue weighted by atomic mass is 10.2. The second-order valence-electron chi connectivity index (χ2n) is 6.82. The molecule has 1 aromatic carbocycles. The first-order valence-electron chi connectivity index (χ1n) is 9.37. The Morgan fingerprint density at radius 1 is 1.17 bits per heavy atom. The van der Waals surface area contributed by atoms with Gasteiger partial charge < -0.3 is 15.5 Å². The minimum absolute atomic E-state index is 0.0584. The summed E-state index contributed by atoms with van der Waals surface area (Å²) in [6.07, 6.45) is 0.876. The lowest BCUT2D eigenvalue weighted by molar-refractivity contribution is -0.121. The third-order valence-electron chi connectivity index (χ3n) is 3.80. The molecule has 0 fully saturated rings. The summed E-state index contributed by atoms with van der Waals surface area (Å²) in [5.41, 5.74) is 1.06. The van der Waals surface area contributed by atoms with E-state index in [1.807, 2.05) is 20.8 Å². The highest BCUT2D eigenvalue weighted by atomic mass is 35.5. The molecule has 0 bridgehead atoms. The van der Waals surface area contributed by atoms with Crippen molar-refractivity contribution < 1.29 is 14.4 Å². The number of nitrogens with zero attached hydrogens (tertiary/aromatic N) is 2. The van der Waals surface area contributed by atoms with Gasteiger partial charge in [-0.05, 0) is 44.5 Å². The van der Waals surface area contributed by atoms with Gasteiger partial charge in [0.2, 0.25) is 11.8 Å². The van der Waals surface area contributed by atoms with E-state index in [1.165, 1.54) is 16.2 Å². The molecule has 0 radical (unpaired) electrons. The van der Waals surface area contributed by atoms with Crippen LogP contribution in [0.2, 0.25) is 5.02 Å².